The number of aliphatic carboxylic acids is 1. The third-order valence-electron chi connectivity index (χ3n) is 2.96. The van der Waals surface area contributed by atoms with Gasteiger partial charge in [-0.3, -0.25) is 4.79 Å². The summed E-state index contributed by atoms with van der Waals surface area (Å²) in [4.78, 5) is 10.5. The Bertz CT molecular complexity index is 378. The van der Waals surface area contributed by atoms with Crippen molar-refractivity contribution in [2.24, 2.45) is 0 Å². The number of hydrogen-bond donors (Lipinski definition) is 2. The fourth-order valence-electron chi connectivity index (χ4n) is 1.91. The predicted molar refractivity (Wildman–Crippen MR) is 74.0 cm³/mol. The summed E-state index contributed by atoms with van der Waals surface area (Å²) in [5.74, 6) is -0.747. The van der Waals surface area contributed by atoms with Crippen LogP contribution in [0.5, 0.6) is 0 Å². The molecule has 2 atom stereocenters. The zero-order valence-electron chi connectivity index (χ0n) is 10.8. The van der Waals surface area contributed by atoms with Crippen LogP contribution < -0.4 is 5.32 Å². The number of rotatable bonds is 7. The Balaban J connectivity index is 2.56. The number of carboxylic acids is 1. The molecule has 4 heteroatoms. The van der Waals surface area contributed by atoms with Crippen LogP contribution in [-0.4, -0.2) is 17.1 Å². The number of carbonyl (C=O) groups is 1. The molecule has 0 aliphatic heterocycles. The minimum atomic E-state index is -0.747. The molecular formula is C14H20ClNO2. The average molecular weight is 270 g/mol. The Kier molecular flexibility index (Phi) is 6.16. The summed E-state index contributed by atoms with van der Waals surface area (Å²) in [6, 6.07) is 8.19. The quantitative estimate of drug-likeness (QED) is 0.795. The molecule has 3 nitrogen and oxygen atoms in total. The van der Waals surface area contributed by atoms with Gasteiger partial charge in [0.2, 0.25) is 0 Å². The maximum Gasteiger partial charge on any atom is 0.303 e. The molecular weight excluding hydrogens is 250 g/mol. The highest BCUT2D eigenvalue weighted by Crippen LogP contribution is 2.20. The second-order valence-corrected chi connectivity index (χ2v) is 4.95. The topological polar surface area (TPSA) is 49.3 Å². The Hall–Kier alpha value is -1.06. The summed E-state index contributed by atoms with van der Waals surface area (Å²) in [6.45, 7) is 4.12. The van der Waals surface area contributed by atoms with Gasteiger partial charge in [-0.15, -0.1) is 0 Å². The van der Waals surface area contributed by atoms with Gasteiger partial charge in [-0.05, 0) is 37.5 Å². The van der Waals surface area contributed by atoms with Crippen molar-refractivity contribution in [3.63, 3.8) is 0 Å². The summed E-state index contributed by atoms with van der Waals surface area (Å²) in [5, 5.41) is 12.8. The molecule has 100 valence electrons. The van der Waals surface area contributed by atoms with Gasteiger partial charge >= 0.3 is 5.97 Å². The molecule has 0 saturated carbocycles. The standard InChI is InChI=1S/C14H20ClNO2/c1-3-13(11-5-7-12(15)8-6-11)16-10(2)4-9-14(17)18/h5-8,10,13,16H,3-4,9H2,1-2H3,(H,17,18). The normalized spacial score (nSPS) is 14.2. The maximum atomic E-state index is 10.5. The molecule has 0 amide bonds. The molecule has 0 bridgehead atoms. The molecule has 1 aromatic carbocycles. The number of hydrogen-bond acceptors (Lipinski definition) is 2. The van der Waals surface area contributed by atoms with Crippen molar-refractivity contribution in [2.75, 3.05) is 0 Å². The molecule has 0 aliphatic rings. The van der Waals surface area contributed by atoms with E-state index in [0.29, 0.717) is 6.42 Å². The van der Waals surface area contributed by atoms with Crippen molar-refractivity contribution in [1.29, 1.82) is 0 Å². The van der Waals surface area contributed by atoms with Gasteiger partial charge in [-0.25, -0.2) is 0 Å². The highest BCUT2D eigenvalue weighted by molar-refractivity contribution is 6.30. The molecule has 0 aromatic heterocycles. The largest absolute Gasteiger partial charge is 0.481 e. The van der Waals surface area contributed by atoms with Gasteiger partial charge in [0.05, 0.1) is 0 Å². The van der Waals surface area contributed by atoms with Crippen LogP contribution in [0.3, 0.4) is 0 Å². The van der Waals surface area contributed by atoms with Crippen LogP contribution in [-0.2, 0) is 4.79 Å². The fourth-order valence-corrected chi connectivity index (χ4v) is 2.04. The maximum absolute atomic E-state index is 10.5. The van der Waals surface area contributed by atoms with Gasteiger partial charge in [-0.1, -0.05) is 30.7 Å². The number of carboxylic acid groups (broad SMARTS) is 1. The number of halogens is 1. The molecule has 2 N–H and O–H groups in total. The van der Waals surface area contributed by atoms with Gasteiger partial charge in [0.1, 0.15) is 0 Å². The zero-order valence-corrected chi connectivity index (χ0v) is 11.6. The van der Waals surface area contributed by atoms with Crippen molar-refractivity contribution < 1.29 is 9.90 Å². The molecule has 1 rings (SSSR count). The second kappa shape index (κ2) is 7.39. The lowest BCUT2D eigenvalue weighted by atomic mass is 10.0. The number of benzene rings is 1. The van der Waals surface area contributed by atoms with Crippen molar-refractivity contribution in [3.05, 3.63) is 34.9 Å². The molecule has 0 heterocycles. The van der Waals surface area contributed by atoms with Crippen LogP contribution in [0.2, 0.25) is 5.02 Å². The Morgan fingerprint density at radius 2 is 2.00 bits per heavy atom. The van der Waals surface area contributed by atoms with E-state index in [1.807, 2.05) is 31.2 Å². The van der Waals surface area contributed by atoms with E-state index in [1.54, 1.807) is 0 Å². The van der Waals surface area contributed by atoms with E-state index in [9.17, 15) is 4.79 Å². The van der Waals surface area contributed by atoms with Crippen LogP contribution in [0.25, 0.3) is 0 Å². The van der Waals surface area contributed by atoms with Gasteiger partial charge in [0.15, 0.2) is 0 Å². The Morgan fingerprint density at radius 3 is 2.50 bits per heavy atom. The smallest absolute Gasteiger partial charge is 0.303 e. The van der Waals surface area contributed by atoms with E-state index in [4.69, 9.17) is 16.7 Å². The third kappa shape index (κ3) is 5.07. The first-order valence-corrected chi connectivity index (χ1v) is 6.64. The van der Waals surface area contributed by atoms with Gasteiger partial charge < -0.3 is 10.4 Å². The van der Waals surface area contributed by atoms with Crippen molar-refractivity contribution in [1.82, 2.24) is 5.32 Å². The van der Waals surface area contributed by atoms with Crippen LogP contribution in [0.1, 0.15) is 44.7 Å². The van der Waals surface area contributed by atoms with E-state index in [0.717, 1.165) is 11.4 Å². The molecule has 2 unspecified atom stereocenters. The molecule has 18 heavy (non-hydrogen) atoms. The summed E-state index contributed by atoms with van der Waals surface area (Å²) in [5.41, 5.74) is 1.18. The molecule has 0 fully saturated rings. The first-order valence-electron chi connectivity index (χ1n) is 6.26. The Morgan fingerprint density at radius 1 is 1.39 bits per heavy atom. The molecule has 0 saturated heterocycles. The first-order chi connectivity index (χ1) is 8.52. The van der Waals surface area contributed by atoms with Crippen molar-refractivity contribution >= 4 is 17.6 Å². The summed E-state index contributed by atoms with van der Waals surface area (Å²) in [7, 11) is 0. The fraction of sp³-hybridized carbons (Fsp3) is 0.500. The van der Waals surface area contributed by atoms with E-state index in [1.165, 1.54) is 5.56 Å². The van der Waals surface area contributed by atoms with Gasteiger partial charge in [-0.2, -0.15) is 0 Å². The predicted octanol–water partition coefficient (Wildman–Crippen LogP) is 3.63. The second-order valence-electron chi connectivity index (χ2n) is 4.51. The van der Waals surface area contributed by atoms with E-state index in [-0.39, 0.29) is 18.5 Å². The highest BCUT2D eigenvalue weighted by atomic mass is 35.5. The highest BCUT2D eigenvalue weighted by Gasteiger charge is 2.13. The van der Waals surface area contributed by atoms with Gasteiger partial charge in [0, 0.05) is 23.5 Å². The molecule has 0 spiro atoms. The Labute approximate surface area is 113 Å². The van der Waals surface area contributed by atoms with E-state index in [2.05, 4.69) is 12.2 Å². The lowest BCUT2D eigenvalue weighted by Gasteiger charge is -2.22. The van der Waals surface area contributed by atoms with Crippen LogP contribution in [0.15, 0.2) is 24.3 Å². The van der Waals surface area contributed by atoms with Gasteiger partial charge in [0.25, 0.3) is 0 Å². The molecule has 0 aliphatic carbocycles. The summed E-state index contributed by atoms with van der Waals surface area (Å²) >= 11 is 5.86. The van der Waals surface area contributed by atoms with Crippen LogP contribution in [0.4, 0.5) is 0 Å². The summed E-state index contributed by atoms with van der Waals surface area (Å²) in [6.07, 6.45) is 1.80. The lowest BCUT2D eigenvalue weighted by Crippen LogP contribution is -2.30. The monoisotopic (exact) mass is 269 g/mol. The van der Waals surface area contributed by atoms with Crippen LogP contribution in [0, 0.1) is 0 Å². The summed E-state index contributed by atoms with van der Waals surface area (Å²) < 4.78 is 0. The lowest BCUT2D eigenvalue weighted by molar-refractivity contribution is -0.137. The zero-order chi connectivity index (χ0) is 13.5. The van der Waals surface area contributed by atoms with Crippen molar-refractivity contribution in [2.45, 2.75) is 45.2 Å². The van der Waals surface area contributed by atoms with E-state index >= 15 is 0 Å². The SMILES string of the molecule is CCC(NC(C)CCC(=O)O)c1ccc(Cl)cc1. The first kappa shape index (κ1) is 15.0. The third-order valence-corrected chi connectivity index (χ3v) is 3.21. The number of nitrogens with one attached hydrogen (secondary N) is 1. The van der Waals surface area contributed by atoms with Crippen molar-refractivity contribution in [3.8, 4) is 0 Å². The molecule has 1 aromatic rings. The molecule has 0 radical (unpaired) electrons. The minimum Gasteiger partial charge on any atom is -0.481 e. The van der Waals surface area contributed by atoms with E-state index < -0.39 is 5.97 Å². The minimum absolute atomic E-state index is 0.182. The average Bonchev–Trinajstić information content (AvgIpc) is 2.34. The van der Waals surface area contributed by atoms with Crippen LogP contribution >= 0.6 is 11.6 Å².